The predicted molar refractivity (Wildman–Crippen MR) is 81.4 cm³/mol. The van der Waals surface area contributed by atoms with E-state index in [0.29, 0.717) is 16.6 Å². The Kier molecular flexibility index (Phi) is 3.00. The van der Waals surface area contributed by atoms with Crippen molar-refractivity contribution >= 4 is 34.6 Å². The van der Waals surface area contributed by atoms with Crippen molar-refractivity contribution in [1.29, 1.82) is 0 Å². The maximum atomic E-state index is 6.26. The van der Waals surface area contributed by atoms with Gasteiger partial charge in [0.1, 0.15) is 0 Å². The van der Waals surface area contributed by atoms with E-state index in [1.807, 2.05) is 31.2 Å². The highest BCUT2D eigenvalue weighted by Gasteiger charge is 2.22. The predicted octanol–water partition coefficient (Wildman–Crippen LogP) is 4.24. The van der Waals surface area contributed by atoms with Crippen molar-refractivity contribution in [2.24, 2.45) is 4.99 Å². The van der Waals surface area contributed by atoms with Crippen LogP contribution in [0.2, 0.25) is 10.0 Å². The monoisotopic (exact) mass is 290 g/mol. The van der Waals surface area contributed by atoms with Crippen LogP contribution in [0.15, 0.2) is 35.3 Å². The largest absolute Gasteiger partial charge is 0.399 e. The van der Waals surface area contributed by atoms with Crippen LogP contribution in [0.5, 0.6) is 0 Å². The molecule has 0 amide bonds. The smallest absolute Gasteiger partial charge is 0.0756 e. The number of anilines is 1. The number of nitrogens with two attached hydrogens (primary N) is 1. The van der Waals surface area contributed by atoms with Gasteiger partial charge in [0.25, 0.3) is 0 Å². The molecule has 0 aromatic heterocycles. The van der Waals surface area contributed by atoms with Gasteiger partial charge >= 0.3 is 0 Å². The first-order valence-corrected chi connectivity index (χ1v) is 6.71. The highest BCUT2D eigenvalue weighted by Crippen LogP contribution is 2.33. The van der Waals surface area contributed by atoms with Crippen molar-refractivity contribution < 1.29 is 0 Å². The fraction of sp³-hybridized carbons (Fsp3) is 0.133. The summed E-state index contributed by atoms with van der Waals surface area (Å²) in [6, 6.07) is 9.52. The molecule has 0 unspecified atom stereocenters. The van der Waals surface area contributed by atoms with Crippen molar-refractivity contribution in [2.75, 3.05) is 5.73 Å². The lowest BCUT2D eigenvalue weighted by atomic mass is 9.97. The highest BCUT2D eigenvalue weighted by molar-refractivity contribution is 6.41. The fourth-order valence-electron chi connectivity index (χ4n) is 2.31. The molecule has 0 saturated heterocycles. The van der Waals surface area contributed by atoms with Crippen LogP contribution in [0, 0.1) is 6.92 Å². The third-order valence-electron chi connectivity index (χ3n) is 3.35. The Morgan fingerprint density at radius 2 is 1.84 bits per heavy atom. The van der Waals surface area contributed by atoms with Crippen LogP contribution in [0.3, 0.4) is 0 Å². The Bertz CT molecular complexity index is 685. The third-order valence-corrected chi connectivity index (χ3v) is 3.98. The van der Waals surface area contributed by atoms with E-state index in [-0.39, 0.29) is 0 Å². The zero-order valence-electron chi connectivity index (χ0n) is 10.4. The van der Waals surface area contributed by atoms with Crippen LogP contribution in [-0.4, -0.2) is 5.71 Å². The molecule has 4 heteroatoms. The maximum Gasteiger partial charge on any atom is 0.0756 e. The lowest BCUT2D eigenvalue weighted by Crippen LogP contribution is -2.04. The Balaban J connectivity index is 2.20. The molecule has 2 aromatic rings. The van der Waals surface area contributed by atoms with E-state index in [1.54, 1.807) is 0 Å². The SMILES string of the molecule is Cc1cc2c(cc1N)CN=C2c1c(Cl)cccc1Cl. The number of hydrogen-bond acceptors (Lipinski definition) is 2. The summed E-state index contributed by atoms with van der Waals surface area (Å²) in [5.74, 6) is 0. The molecule has 19 heavy (non-hydrogen) atoms. The second-order valence-electron chi connectivity index (χ2n) is 4.63. The standard InChI is InChI=1S/C15H12Cl2N2/c1-8-5-10-9(6-13(8)18)7-19-15(10)14-11(16)3-2-4-12(14)17/h2-6H,7,18H2,1H3. The lowest BCUT2D eigenvalue weighted by Gasteiger charge is -2.10. The summed E-state index contributed by atoms with van der Waals surface area (Å²) in [7, 11) is 0. The summed E-state index contributed by atoms with van der Waals surface area (Å²) in [5.41, 5.74) is 11.6. The van der Waals surface area contributed by atoms with Gasteiger partial charge in [0.05, 0.1) is 22.3 Å². The first kappa shape index (κ1) is 12.5. The fourth-order valence-corrected chi connectivity index (χ4v) is 2.89. The number of nitrogens with zero attached hydrogens (tertiary/aromatic N) is 1. The summed E-state index contributed by atoms with van der Waals surface area (Å²) >= 11 is 12.5. The molecule has 2 aromatic carbocycles. The first-order valence-electron chi connectivity index (χ1n) is 5.96. The first-order chi connectivity index (χ1) is 9.08. The molecule has 96 valence electrons. The Hall–Kier alpha value is -1.51. The molecular formula is C15H12Cl2N2. The zero-order chi connectivity index (χ0) is 13.6. The van der Waals surface area contributed by atoms with Crippen LogP contribution in [-0.2, 0) is 6.54 Å². The minimum Gasteiger partial charge on any atom is -0.399 e. The van der Waals surface area contributed by atoms with Gasteiger partial charge in [-0.25, -0.2) is 0 Å². The number of hydrogen-bond donors (Lipinski definition) is 1. The molecule has 0 bridgehead atoms. The summed E-state index contributed by atoms with van der Waals surface area (Å²) in [5, 5.41) is 1.24. The van der Waals surface area contributed by atoms with Gasteiger partial charge in [0.2, 0.25) is 0 Å². The van der Waals surface area contributed by atoms with E-state index in [4.69, 9.17) is 28.9 Å². The van der Waals surface area contributed by atoms with E-state index in [9.17, 15) is 0 Å². The molecule has 0 fully saturated rings. The number of fused-ring (bicyclic) bond motifs is 1. The van der Waals surface area contributed by atoms with Crippen LogP contribution in [0.25, 0.3) is 0 Å². The Morgan fingerprint density at radius 1 is 1.16 bits per heavy atom. The molecular weight excluding hydrogens is 279 g/mol. The van der Waals surface area contributed by atoms with Crippen molar-refractivity contribution in [2.45, 2.75) is 13.5 Å². The second kappa shape index (κ2) is 4.55. The lowest BCUT2D eigenvalue weighted by molar-refractivity contribution is 1.11. The molecule has 1 aliphatic heterocycles. The number of nitrogen functional groups attached to an aromatic ring is 1. The molecule has 0 spiro atoms. The van der Waals surface area contributed by atoms with Crippen LogP contribution < -0.4 is 5.73 Å². The van der Waals surface area contributed by atoms with E-state index in [2.05, 4.69) is 11.1 Å². The second-order valence-corrected chi connectivity index (χ2v) is 5.44. The van der Waals surface area contributed by atoms with Crippen molar-refractivity contribution in [1.82, 2.24) is 0 Å². The number of aryl methyl sites for hydroxylation is 1. The van der Waals surface area contributed by atoms with Gasteiger partial charge in [-0.1, -0.05) is 29.3 Å². The summed E-state index contributed by atoms with van der Waals surface area (Å²) < 4.78 is 0. The van der Waals surface area contributed by atoms with Gasteiger partial charge < -0.3 is 5.73 Å². The number of benzene rings is 2. The van der Waals surface area contributed by atoms with E-state index >= 15 is 0 Å². The maximum absolute atomic E-state index is 6.26. The minimum atomic E-state index is 0.619. The average Bonchev–Trinajstić information content (AvgIpc) is 2.73. The van der Waals surface area contributed by atoms with Gasteiger partial charge in [-0.2, -0.15) is 0 Å². The van der Waals surface area contributed by atoms with Crippen molar-refractivity contribution in [3.05, 3.63) is 62.6 Å². The topological polar surface area (TPSA) is 38.4 Å². The Labute approximate surface area is 121 Å². The minimum absolute atomic E-state index is 0.619. The van der Waals surface area contributed by atoms with Crippen LogP contribution in [0.1, 0.15) is 22.3 Å². The van der Waals surface area contributed by atoms with E-state index in [0.717, 1.165) is 33.7 Å². The van der Waals surface area contributed by atoms with Crippen molar-refractivity contribution in [3.8, 4) is 0 Å². The summed E-state index contributed by atoms with van der Waals surface area (Å²) in [6.45, 7) is 2.61. The molecule has 0 radical (unpaired) electrons. The van der Waals surface area contributed by atoms with Gasteiger partial charge in [-0.05, 0) is 42.3 Å². The molecule has 1 aliphatic rings. The number of rotatable bonds is 1. The van der Waals surface area contributed by atoms with E-state index in [1.165, 1.54) is 0 Å². The molecule has 2 N–H and O–H groups in total. The summed E-state index contributed by atoms with van der Waals surface area (Å²) in [4.78, 5) is 4.57. The Morgan fingerprint density at radius 3 is 2.53 bits per heavy atom. The summed E-state index contributed by atoms with van der Waals surface area (Å²) in [6.07, 6.45) is 0. The zero-order valence-corrected chi connectivity index (χ0v) is 11.9. The van der Waals surface area contributed by atoms with Gasteiger partial charge in [-0.15, -0.1) is 0 Å². The van der Waals surface area contributed by atoms with Gasteiger partial charge in [0, 0.05) is 16.8 Å². The van der Waals surface area contributed by atoms with E-state index < -0.39 is 0 Å². The van der Waals surface area contributed by atoms with Gasteiger partial charge in [-0.3, -0.25) is 4.99 Å². The molecule has 0 saturated carbocycles. The molecule has 0 aliphatic carbocycles. The third kappa shape index (κ3) is 2.01. The molecule has 0 atom stereocenters. The van der Waals surface area contributed by atoms with Gasteiger partial charge in [0.15, 0.2) is 0 Å². The highest BCUT2D eigenvalue weighted by atomic mass is 35.5. The normalized spacial score (nSPS) is 13.3. The van der Waals surface area contributed by atoms with Crippen LogP contribution in [0.4, 0.5) is 5.69 Å². The van der Waals surface area contributed by atoms with Crippen molar-refractivity contribution in [3.63, 3.8) is 0 Å². The average molecular weight is 291 g/mol. The number of halogens is 2. The molecule has 1 heterocycles. The molecule has 2 nitrogen and oxygen atoms in total. The quantitative estimate of drug-likeness (QED) is 0.784. The number of aliphatic imine (C=N–C) groups is 1. The van der Waals surface area contributed by atoms with Crippen LogP contribution >= 0.6 is 23.2 Å². The molecule has 3 rings (SSSR count).